The van der Waals surface area contributed by atoms with E-state index < -0.39 is 0 Å². The summed E-state index contributed by atoms with van der Waals surface area (Å²) in [6.07, 6.45) is 0. The minimum absolute atomic E-state index is 0.0776. The Balaban J connectivity index is 1.22. The maximum atomic E-state index is 12.8. The van der Waals surface area contributed by atoms with E-state index in [9.17, 15) is 9.59 Å². The average molecular weight is 407 g/mol. The fourth-order valence-corrected chi connectivity index (χ4v) is 4.20. The van der Waals surface area contributed by atoms with Crippen molar-refractivity contribution in [1.29, 1.82) is 0 Å². The molecule has 0 spiro atoms. The monoisotopic (exact) mass is 406 g/mol. The van der Waals surface area contributed by atoms with Gasteiger partial charge in [-0.15, -0.1) is 0 Å². The van der Waals surface area contributed by atoms with Gasteiger partial charge in [-0.05, 0) is 36.8 Å². The molecule has 30 heavy (non-hydrogen) atoms. The van der Waals surface area contributed by atoms with Crippen molar-refractivity contribution in [3.8, 4) is 0 Å². The van der Waals surface area contributed by atoms with Crippen LogP contribution in [-0.4, -0.2) is 85.4 Å². The maximum Gasteiger partial charge on any atom is 0.253 e. The lowest BCUT2D eigenvalue weighted by Crippen LogP contribution is -2.54. The van der Waals surface area contributed by atoms with Gasteiger partial charge in [-0.2, -0.15) is 0 Å². The van der Waals surface area contributed by atoms with E-state index in [0.29, 0.717) is 19.6 Å². The predicted octanol–water partition coefficient (Wildman–Crippen LogP) is 2.10. The summed E-state index contributed by atoms with van der Waals surface area (Å²) in [5.41, 5.74) is 3.23. The first-order chi connectivity index (χ1) is 14.6. The number of piperazine rings is 2. The van der Waals surface area contributed by atoms with Crippen LogP contribution in [0.4, 0.5) is 5.69 Å². The summed E-state index contributed by atoms with van der Waals surface area (Å²) in [6.45, 7) is 8.64. The normalized spacial score (nSPS) is 17.8. The Hall–Kier alpha value is -2.86. The third-order valence-electron chi connectivity index (χ3n) is 6.04. The molecular weight excluding hydrogens is 376 g/mol. The number of amides is 2. The third-order valence-corrected chi connectivity index (χ3v) is 6.04. The summed E-state index contributed by atoms with van der Waals surface area (Å²) in [4.78, 5) is 33.7. The van der Waals surface area contributed by atoms with Gasteiger partial charge >= 0.3 is 0 Å². The Bertz CT molecular complexity index is 870. The molecule has 4 rings (SSSR count). The van der Waals surface area contributed by atoms with Crippen molar-refractivity contribution in [2.75, 3.05) is 63.8 Å². The zero-order valence-electron chi connectivity index (χ0n) is 17.7. The van der Waals surface area contributed by atoms with E-state index in [0.717, 1.165) is 44.8 Å². The van der Waals surface area contributed by atoms with E-state index in [1.165, 1.54) is 11.3 Å². The van der Waals surface area contributed by atoms with Crippen molar-refractivity contribution < 1.29 is 9.59 Å². The molecule has 0 atom stereocenters. The van der Waals surface area contributed by atoms with Crippen LogP contribution in [0.1, 0.15) is 15.9 Å². The number of anilines is 1. The van der Waals surface area contributed by atoms with Crippen molar-refractivity contribution >= 4 is 17.5 Å². The van der Waals surface area contributed by atoms with Gasteiger partial charge < -0.3 is 14.7 Å². The van der Waals surface area contributed by atoms with Crippen LogP contribution in [0.5, 0.6) is 0 Å². The van der Waals surface area contributed by atoms with Crippen molar-refractivity contribution in [3.05, 3.63) is 65.7 Å². The van der Waals surface area contributed by atoms with E-state index in [-0.39, 0.29) is 11.8 Å². The second-order valence-electron chi connectivity index (χ2n) is 8.14. The molecule has 6 heteroatoms. The number of carbonyl (C=O) groups excluding carboxylic acids is 2. The fraction of sp³-hybridized carbons (Fsp3) is 0.417. The van der Waals surface area contributed by atoms with Crippen LogP contribution in [0.2, 0.25) is 0 Å². The summed E-state index contributed by atoms with van der Waals surface area (Å²) >= 11 is 0. The van der Waals surface area contributed by atoms with Crippen molar-refractivity contribution in [2.24, 2.45) is 0 Å². The highest BCUT2D eigenvalue weighted by atomic mass is 16.2. The average Bonchev–Trinajstić information content (AvgIpc) is 2.80. The minimum Gasteiger partial charge on any atom is -0.368 e. The molecule has 2 aromatic rings. The third kappa shape index (κ3) is 4.82. The van der Waals surface area contributed by atoms with Gasteiger partial charge in [-0.25, -0.2) is 0 Å². The van der Waals surface area contributed by atoms with Crippen LogP contribution in [0, 0.1) is 6.92 Å². The molecule has 2 heterocycles. The lowest BCUT2D eigenvalue weighted by Gasteiger charge is -2.38. The summed E-state index contributed by atoms with van der Waals surface area (Å²) in [7, 11) is 0. The van der Waals surface area contributed by atoms with Crippen LogP contribution in [0.15, 0.2) is 54.6 Å². The van der Waals surface area contributed by atoms with Gasteiger partial charge in [0, 0.05) is 63.6 Å². The van der Waals surface area contributed by atoms with Crippen LogP contribution in [0.3, 0.4) is 0 Å². The van der Waals surface area contributed by atoms with Crippen LogP contribution < -0.4 is 4.90 Å². The second kappa shape index (κ2) is 9.30. The van der Waals surface area contributed by atoms with Gasteiger partial charge in [0.25, 0.3) is 5.91 Å². The molecule has 2 aliphatic rings. The molecule has 0 aliphatic carbocycles. The number of carbonyl (C=O) groups is 2. The predicted molar refractivity (Wildman–Crippen MR) is 119 cm³/mol. The van der Waals surface area contributed by atoms with E-state index >= 15 is 0 Å². The molecule has 0 saturated carbocycles. The topological polar surface area (TPSA) is 47.1 Å². The summed E-state index contributed by atoms with van der Waals surface area (Å²) < 4.78 is 0. The Labute approximate surface area is 178 Å². The highest BCUT2D eigenvalue weighted by Gasteiger charge is 2.26. The quantitative estimate of drug-likeness (QED) is 0.780. The molecule has 0 N–H and O–H groups in total. The zero-order valence-corrected chi connectivity index (χ0v) is 17.7. The zero-order chi connectivity index (χ0) is 20.9. The van der Waals surface area contributed by atoms with E-state index in [1.807, 2.05) is 40.1 Å². The van der Waals surface area contributed by atoms with Crippen molar-refractivity contribution in [2.45, 2.75) is 6.92 Å². The first-order valence-corrected chi connectivity index (χ1v) is 10.8. The number of benzene rings is 2. The molecule has 6 nitrogen and oxygen atoms in total. The molecule has 0 unspecified atom stereocenters. The van der Waals surface area contributed by atoms with Gasteiger partial charge in [0.2, 0.25) is 5.91 Å². The molecule has 0 bridgehead atoms. The summed E-state index contributed by atoms with van der Waals surface area (Å²) in [5.74, 6) is 0.274. The fourth-order valence-electron chi connectivity index (χ4n) is 4.20. The molecule has 0 radical (unpaired) electrons. The molecule has 2 fully saturated rings. The van der Waals surface area contributed by atoms with Gasteiger partial charge in [0.05, 0.1) is 6.54 Å². The van der Waals surface area contributed by atoms with E-state index in [1.54, 1.807) is 0 Å². The standard InChI is InChI=1S/C24H30N4O2/c1-20-6-5-9-22(18-20)26-14-16-27(17-15-26)23(29)19-25-10-12-28(13-11-25)24(30)21-7-3-2-4-8-21/h2-9,18H,10-17,19H2,1H3. The number of rotatable bonds is 4. The van der Waals surface area contributed by atoms with Gasteiger partial charge in [-0.3, -0.25) is 14.5 Å². The number of nitrogens with zero attached hydrogens (tertiary/aromatic N) is 4. The van der Waals surface area contributed by atoms with Gasteiger partial charge in [0.1, 0.15) is 0 Å². The smallest absolute Gasteiger partial charge is 0.253 e. The Morgan fingerprint density at radius 1 is 0.767 bits per heavy atom. The Kier molecular flexibility index (Phi) is 6.33. The second-order valence-corrected chi connectivity index (χ2v) is 8.14. The molecule has 0 aromatic heterocycles. The first-order valence-electron chi connectivity index (χ1n) is 10.8. The number of aryl methyl sites for hydroxylation is 1. The highest BCUT2D eigenvalue weighted by Crippen LogP contribution is 2.18. The molecular formula is C24H30N4O2. The van der Waals surface area contributed by atoms with Crippen LogP contribution >= 0.6 is 0 Å². The molecule has 2 aliphatic heterocycles. The highest BCUT2D eigenvalue weighted by molar-refractivity contribution is 5.94. The summed E-state index contributed by atoms with van der Waals surface area (Å²) in [5, 5.41) is 0. The van der Waals surface area contributed by atoms with Crippen LogP contribution in [0.25, 0.3) is 0 Å². The van der Waals surface area contributed by atoms with E-state index in [2.05, 4.69) is 41.0 Å². The number of hydrogen-bond acceptors (Lipinski definition) is 4. The van der Waals surface area contributed by atoms with Crippen molar-refractivity contribution in [1.82, 2.24) is 14.7 Å². The van der Waals surface area contributed by atoms with Crippen molar-refractivity contribution in [3.63, 3.8) is 0 Å². The van der Waals surface area contributed by atoms with E-state index in [4.69, 9.17) is 0 Å². The number of hydrogen-bond donors (Lipinski definition) is 0. The SMILES string of the molecule is Cc1cccc(N2CCN(C(=O)CN3CCN(C(=O)c4ccccc4)CC3)CC2)c1. The van der Waals surface area contributed by atoms with Crippen LogP contribution in [-0.2, 0) is 4.79 Å². The molecule has 2 amide bonds. The maximum absolute atomic E-state index is 12.8. The lowest BCUT2D eigenvalue weighted by atomic mass is 10.2. The Morgan fingerprint density at radius 2 is 1.43 bits per heavy atom. The van der Waals surface area contributed by atoms with Gasteiger partial charge in [-0.1, -0.05) is 30.3 Å². The lowest BCUT2D eigenvalue weighted by molar-refractivity contribution is -0.133. The minimum atomic E-state index is 0.0776. The molecule has 158 valence electrons. The molecule has 2 aromatic carbocycles. The Morgan fingerprint density at radius 3 is 2.10 bits per heavy atom. The molecule has 2 saturated heterocycles. The van der Waals surface area contributed by atoms with Gasteiger partial charge in [0.15, 0.2) is 0 Å². The largest absolute Gasteiger partial charge is 0.368 e. The summed E-state index contributed by atoms with van der Waals surface area (Å²) in [6, 6.07) is 17.9. The first kappa shape index (κ1) is 20.4.